The third kappa shape index (κ3) is 1.76. The van der Waals surface area contributed by atoms with E-state index in [0.717, 1.165) is 29.1 Å². The summed E-state index contributed by atoms with van der Waals surface area (Å²) in [6, 6.07) is 12.0. The molecule has 0 fully saturated rings. The van der Waals surface area contributed by atoms with E-state index in [2.05, 4.69) is 22.1 Å². The first-order valence-electron chi connectivity index (χ1n) is 5.97. The van der Waals surface area contributed by atoms with Gasteiger partial charge in [0.2, 0.25) is 5.78 Å². The second kappa shape index (κ2) is 4.58. The summed E-state index contributed by atoms with van der Waals surface area (Å²) in [5.41, 5.74) is 8.89. The van der Waals surface area contributed by atoms with Gasteiger partial charge in [0.1, 0.15) is 0 Å². The van der Waals surface area contributed by atoms with Gasteiger partial charge in [0.15, 0.2) is 0 Å². The van der Waals surface area contributed by atoms with Crippen molar-refractivity contribution in [3.8, 4) is 11.3 Å². The number of nitrogens with zero attached hydrogens (tertiary/aromatic N) is 3. The third-order valence-corrected chi connectivity index (χ3v) is 2.93. The number of hydrogen-bond donors (Lipinski definition) is 1. The van der Waals surface area contributed by atoms with Crippen LogP contribution in [0.2, 0.25) is 0 Å². The van der Waals surface area contributed by atoms with Crippen molar-refractivity contribution in [3.63, 3.8) is 0 Å². The molecular weight excluding hydrogens is 224 g/mol. The van der Waals surface area contributed by atoms with E-state index in [0.29, 0.717) is 6.54 Å². The van der Waals surface area contributed by atoms with Crippen LogP contribution in [0.5, 0.6) is 0 Å². The molecule has 0 saturated heterocycles. The molecule has 3 rings (SSSR count). The number of aromatic nitrogens is 3. The molecule has 1 aromatic carbocycles. The van der Waals surface area contributed by atoms with Gasteiger partial charge in [-0.25, -0.2) is 9.97 Å². The van der Waals surface area contributed by atoms with Crippen molar-refractivity contribution in [1.82, 2.24) is 14.4 Å². The maximum Gasteiger partial charge on any atom is 0.234 e. The molecule has 0 unspecified atom stereocenters. The number of fused-ring (bicyclic) bond motifs is 1. The Hall–Kier alpha value is -2.20. The maximum atomic E-state index is 5.70. The fourth-order valence-corrected chi connectivity index (χ4v) is 2.14. The summed E-state index contributed by atoms with van der Waals surface area (Å²) >= 11 is 0. The van der Waals surface area contributed by atoms with Gasteiger partial charge in [-0.05, 0) is 12.6 Å². The van der Waals surface area contributed by atoms with E-state index in [1.54, 1.807) is 6.20 Å². The Kier molecular flexibility index (Phi) is 2.78. The minimum atomic E-state index is 0.600. The van der Waals surface area contributed by atoms with E-state index in [-0.39, 0.29) is 0 Å². The second-order valence-corrected chi connectivity index (χ2v) is 4.10. The average Bonchev–Trinajstić information content (AvgIpc) is 2.80. The van der Waals surface area contributed by atoms with Crippen LogP contribution in [-0.2, 0) is 6.42 Å². The van der Waals surface area contributed by atoms with E-state index in [9.17, 15) is 0 Å². The van der Waals surface area contributed by atoms with Crippen LogP contribution in [0.15, 0.2) is 48.8 Å². The highest BCUT2D eigenvalue weighted by Gasteiger charge is 2.13. The predicted molar refractivity (Wildman–Crippen MR) is 71.2 cm³/mol. The standard InChI is InChI=1S/C14H14N4/c15-8-7-12-13(11-5-2-1-3-6-11)17-14-16-9-4-10-18(12)14/h1-6,9-10H,7-8,15H2. The van der Waals surface area contributed by atoms with E-state index in [4.69, 9.17) is 5.73 Å². The summed E-state index contributed by atoms with van der Waals surface area (Å²) in [4.78, 5) is 8.88. The van der Waals surface area contributed by atoms with Crippen LogP contribution in [0.25, 0.3) is 17.0 Å². The van der Waals surface area contributed by atoms with Crippen LogP contribution in [0.3, 0.4) is 0 Å². The second-order valence-electron chi connectivity index (χ2n) is 4.10. The maximum absolute atomic E-state index is 5.70. The molecule has 0 radical (unpaired) electrons. The Bertz CT molecular complexity index is 658. The van der Waals surface area contributed by atoms with Gasteiger partial charge in [-0.1, -0.05) is 30.3 Å². The largest absolute Gasteiger partial charge is 0.330 e. The first-order valence-corrected chi connectivity index (χ1v) is 5.97. The lowest BCUT2D eigenvalue weighted by molar-refractivity contribution is 0.901. The molecule has 0 amide bonds. The van der Waals surface area contributed by atoms with Gasteiger partial charge < -0.3 is 5.73 Å². The Morgan fingerprint density at radius 1 is 1.11 bits per heavy atom. The molecule has 0 aliphatic carbocycles. The summed E-state index contributed by atoms with van der Waals surface area (Å²) in [5, 5.41) is 0. The van der Waals surface area contributed by atoms with Gasteiger partial charge in [0, 0.05) is 24.4 Å². The topological polar surface area (TPSA) is 56.2 Å². The summed E-state index contributed by atoms with van der Waals surface area (Å²) in [6.45, 7) is 0.600. The zero-order chi connectivity index (χ0) is 12.4. The molecule has 3 aromatic rings. The van der Waals surface area contributed by atoms with Crippen LogP contribution in [0, 0.1) is 0 Å². The third-order valence-electron chi connectivity index (χ3n) is 2.93. The van der Waals surface area contributed by atoms with Gasteiger partial charge in [-0.2, -0.15) is 0 Å². The van der Waals surface area contributed by atoms with Crippen molar-refractivity contribution in [2.24, 2.45) is 5.73 Å². The van der Waals surface area contributed by atoms with Crippen molar-refractivity contribution in [1.29, 1.82) is 0 Å². The Balaban J connectivity index is 2.25. The van der Waals surface area contributed by atoms with Gasteiger partial charge >= 0.3 is 0 Å². The van der Waals surface area contributed by atoms with Crippen LogP contribution >= 0.6 is 0 Å². The molecule has 0 bridgehead atoms. The van der Waals surface area contributed by atoms with E-state index >= 15 is 0 Å². The van der Waals surface area contributed by atoms with Crippen molar-refractivity contribution in [2.45, 2.75) is 6.42 Å². The lowest BCUT2D eigenvalue weighted by atomic mass is 10.1. The van der Waals surface area contributed by atoms with Crippen LogP contribution in [0.4, 0.5) is 0 Å². The highest BCUT2D eigenvalue weighted by molar-refractivity contribution is 5.65. The highest BCUT2D eigenvalue weighted by atomic mass is 15.1. The number of imidazole rings is 1. The molecule has 2 heterocycles. The molecule has 0 saturated carbocycles. The lowest BCUT2D eigenvalue weighted by Gasteiger charge is -2.02. The van der Waals surface area contributed by atoms with Crippen LogP contribution in [-0.4, -0.2) is 20.9 Å². The van der Waals surface area contributed by atoms with Gasteiger partial charge in [-0.3, -0.25) is 4.40 Å². The predicted octanol–water partition coefficient (Wildman–Crippen LogP) is 1.90. The minimum absolute atomic E-state index is 0.600. The molecule has 18 heavy (non-hydrogen) atoms. The molecule has 4 nitrogen and oxygen atoms in total. The van der Waals surface area contributed by atoms with Gasteiger partial charge in [0.05, 0.1) is 11.4 Å². The van der Waals surface area contributed by atoms with E-state index in [1.165, 1.54) is 0 Å². The molecule has 2 aromatic heterocycles. The normalized spacial score (nSPS) is 10.9. The summed E-state index contributed by atoms with van der Waals surface area (Å²) in [7, 11) is 0. The van der Waals surface area contributed by atoms with E-state index in [1.807, 2.05) is 34.9 Å². The van der Waals surface area contributed by atoms with Crippen LogP contribution < -0.4 is 5.73 Å². The van der Waals surface area contributed by atoms with Crippen molar-refractivity contribution < 1.29 is 0 Å². The monoisotopic (exact) mass is 238 g/mol. The fraction of sp³-hybridized carbons (Fsp3) is 0.143. The number of nitrogens with two attached hydrogens (primary N) is 1. The molecule has 90 valence electrons. The zero-order valence-electron chi connectivity index (χ0n) is 9.95. The summed E-state index contributed by atoms with van der Waals surface area (Å²) in [5.74, 6) is 0.722. The van der Waals surface area contributed by atoms with Crippen LogP contribution in [0.1, 0.15) is 5.69 Å². The molecule has 0 aliphatic rings. The smallest absolute Gasteiger partial charge is 0.234 e. The SMILES string of the molecule is NCCc1c(-c2ccccc2)nc2ncccn12. The molecule has 0 spiro atoms. The Morgan fingerprint density at radius 3 is 2.72 bits per heavy atom. The lowest BCUT2D eigenvalue weighted by Crippen LogP contribution is -2.06. The Labute approximate surface area is 105 Å². The molecule has 2 N–H and O–H groups in total. The molecule has 4 heteroatoms. The van der Waals surface area contributed by atoms with Crippen molar-refractivity contribution >= 4 is 5.78 Å². The number of hydrogen-bond acceptors (Lipinski definition) is 3. The molecule has 0 aliphatic heterocycles. The highest BCUT2D eigenvalue weighted by Crippen LogP contribution is 2.23. The molecule has 0 atom stereocenters. The average molecular weight is 238 g/mol. The van der Waals surface area contributed by atoms with Gasteiger partial charge in [0.25, 0.3) is 0 Å². The summed E-state index contributed by atoms with van der Waals surface area (Å²) in [6.07, 6.45) is 4.52. The minimum Gasteiger partial charge on any atom is -0.330 e. The van der Waals surface area contributed by atoms with E-state index < -0.39 is 0 Å². The van der Waals surface area contributed by atoms with Crippen molar-refractivity contribution in [2.75, 3.05) is 6.54 Å². The summed E-state index contributed by atoms with van der Waals surface area (Å²) < 4.78 is 2.01. The van der Waals surface area contributed by atoms with Crippen molar-refractivity contribution in [3.05, 3.63) is 54.5 Å². The fourth-order valence-electron chi connectivity index (χ4n) is 2.14. The molecular formula is C14H14N4. The van der Waals surface area contributed by atoms with Gasteiger partial charge in [-0.15, -0.1) is 0 Å². The first kappa shape index (κ1) is 10.9. The Morgan fingerprint density at radius 2 is 1.94 bits per heavy atom. The quantitative estimate of drug-likeness (QED) is 0.758. The number of rotatable bonds is 3. The number of benzene rings is 1. The first-order chi connectivity index (χ1) is 8.90. The zero-order valence-corrected chi connectivity index (χ0v) is 9.95.